The Morgan fingerprint density at radius 3 is 2.33 bits per heavy atom. The van der Waals surface area contributed by atoms with E-state index in [9.17, 15) is 4.79 Å². The fourth-order valence-corrected chi connectivity index (χ4v) is 2.98. The summed E-state index contributed by atoms with van der Waals surface area (Å²) in [7, 11) is 2.01. The highest BCUT2D eigenvalue weighted by Gasteiger charge is 2.13. The predicted octanol–water partition coefficient (Wildman–Crippen LogP) is 4.53. The third-order valence-electron chi connectivity index (χ3n) is 3.91. The number of anilines is 4. The van der Waals surface area contributed by atoms with E-state index >= 15 is 0 Å². The number of hydrogen-bond donors (Lipinski definition) is 2. The number of nitrogens with one attached hydrogen (secondary N) is 1. The molecule has 0 fully saturated rings. The van der Waals surface area contributed by atoms with Crippen LogP contribution in [0.15, 0.2) is 30.3 Å². The van der Waals surface area contributed by atoms with Crippen LogP contribution >= 0.6 is 0 Å². The van der Waals surface area contributed by atoms with Crippen molar-refractivity contribution in [1.82, 2.24) is 0 Å². The van der Waals surface area contributed by atoms with E-state index < -0.39 is 6.09 Å². The van der Waals surface area contributed by atoms with Crippen molar-refractivity contribution < 1.29 is 9.53 Å². The number of carbonyl (C=O) groups is 1. The van der Waals surface area contributed by atoms with Crippen molar-refractivity contribution in [2.24, 2.45) is 0 Å². The molecule has 2 aromatic carbocycles. The molecule has 0 aliphatic carbocycles. The Kier molecular flexibility index (Phi) is 5.34. The first-order valence-corrected chi connectivity index (χ1v) is 7.98. The van der Waals surface area contributed by atoms with Gasteiger partial charge in [0.05, 0.1) is 18.0 Å². The summed E-state index contributed by atoms with van der Waals surface area (Å²) in [5.74, 6) is 0. The van der Waals surface area contributed by atoms with Gasteiger partial charge in [-0.15, -0.1) is 0 Å². The summed E-state index contributed by atoms with van der Waals surface area (Å²) < 4.78 is 4.87. The van der Waals surface area contributed by atoms with Gasteiger partial charge in [0.2, 0.25) is 0 Å². The Labute approximate surface area is 143 Å². The number of benzene rings is 2. The summed E-state index contributed by atoms with van der Waals surface area (Å²) in [4.78, 5) is 13.6. The van der Waals surface area contributed by atoms with Gasteiger partial charge in [-0.3, -0.25) is 5.32 Å². The smallest absolute Gasteiger partial charge is 0.411 e. The van der Waals surface area contributed by atoms with Crippen molar-refractivity contribution in [3.63, 3.8) is 0 Å². The van der Waals surface area contributed by atoms with Crippen molar-refractivity contribution in [3.05, 3.63) is 47.0 Å². The van der Waals surface area contributed by atoms with Crippen LogP contribution in [0.1, 0.15) is 23.6 Å². The van der Waals surface area contributed by atoms with Crippen molar-refractivity contribution in [3.8, 4) is 0 Å². The zero-order valence-electron chi connectivity index (χ0n) is 14.9. The van der Waals surface area contributed by atoms with Crippen molar-refractivity contribution >= 4 is 28.8 Å². The Morgan fingerprint density at radius 1 is 1.17 bits per heavy atom. The molecule has 0 radical (unpaired) electrons. The monoisotopic (exact) mass is 327 g/mol. The minimum atomic E-state index is -0.504. The van der Waals surface area contributed by atoms with Gasteiger partial charge >= 0.3 is 6.09 Å². The highest BCUT2D eigenvalue weighted by atomic mass is 16.5. The fraction of sp³-hybridized carbons (Fsp3) is 0.316. The molecule has 2 aromatic rings. The quantitative estimate of drug-likeness (QED) is 0.810. The molecule has 24 heavy (non-hydrogen) atoms. The lowest BCUT2D eigenvalue weighted by Gasteiger charge is -2.25. The van der Waals surface area contributed by atoms with Gasteiger partial charge in [-0.2, -0.15) is 0 Å². The number of ether oxygens (including phenoxy) is 1. The molecule has 0 aromatic heterocycles. The van der Waals surface area contributed by atoms with Gasteiger partial charge in [-0.05, 0) is 57.0 Å². The number of amides is 1. The van der Waals surface area contributed by atoms with E-state index in [1.54, 1.807) is 13.0 Å². The maximum absolute atomic E-state index is 11.5. The second-order valence-corrected chi connectivity index (χ2v) is 5.92. The summed E-state index contributed by atoms with van der Waals surface area (Å²) in [6.45, 7) is 8.38. The van der Waals surface area contributed by atoms with E-state index in [1.807, 2.05) is 19.2 Å². The highest BCUT2D eigenvalue weighted by molar-refractivity contribution is 5.90. The summed E-state index contributed by atoms with van der Waals surface area (Å²) in [6, 6.07) is 9.89. The molecule has 0 bridgehead atoms. The van der Waals surface area contributed by atoms with Gasteiger partial charge in [0, 0.05) is 18.4 Å². The molecule has 128 valence electrons. The van der Waals surface area contributed by atoms with E-state index in [0.29, 0.717) is 18.0 Å². The third kappa shape index (κ3) is 3.79. The maximum Gasteiger partial charge on any atom is 0.411 e. The SMILES string of the molecule is CCOC(=O)Nc1ccc(N(C)c2c(C)cc(C)cc2C)cc1N. The molecule has 0 atom stereocenters. The topological polar surface area (TPSA) is 67.6 Å². The average molecular weight is 327 g/mol. The molecular formula is C19H25N3O2. The van der Waals surface area contributed by atoms with Gasteiger partial charge in [-0.25, -0.2) is 4.79 Å². The van der Waals surface area contributed by atoms with Crippen molar-refractivity contribution in [2.45, 2.75) is 27.7 Å². The molecule has 0 saturated carbocycles. The summed E-state index contributed by atoms with van der Waals surface area (Å²) in [5.41, 5.74) is 12.9. The lowest BCUT2D eigenvalue weighted by atomic mass is 10.0. The van der Waals surface area contributed by atoms with Gasteiger partial charge in [0.15, 0.2) is 0 Å². The first-order valence-electron chi connectivity index (χ1n) is 7.98. The van der Waals surface area contributed by atoms with Gasteiger partial charge in [0.25, 0.3) is 0 Å². The number of carbonyl (C=O) groups excluding carboxylic acids is 1. The zero-order valence-corrected chi connectivity index (χ0v) is 14.9. The Bertz CT molecular complexity index is 733. The molecule has 5 heteroatoms. The van der Waals surface area contributed by atoms with Crippen molar-refractivity contribution in [2.75, 3.05) is 29.6 Å². The standard InChI is InChI=1S/C19H25N3O2/c1-6-24-19(23)21-17-8-7-15(11-16(17)20)22(5)18-13(3)9-12(2)10-14(18)4/h7-11H,6,20H2,1-5H3,(H,21,23). The molecule has 0 saturated heterocycles. The van der Waals surface area contributed by atoms with E-state index in [-0.39, 0.29) is 0 Å². The predicted molar refractivity (Wildman–Crippen MR) is 100 cm³/mol. The molecule has 0 aliphatic rings. The van der Waals surface area contributed by atoms with Crippen LogP contribution in [0.4, 0.5) is 27.5 Å². The van der Waals surface area contributed by atoms with E-state index in [0.717, 1.165) is 11.4 Å². The summed E-state index contributed by atoms with van der Waals surface area (Å²) in [5, 5.41) is 2.64. The van der Waals surface area contributed by atoms with Crippen LogP contribution in [0.3, 0.4) is 0 Å². The third-order valence-corrected chi connectivity index (χ3v) is 3.91. The van der Waals surface area contributed by atoms with Crippen LogP contribution in [-0.4, -0.2) is 19.7 Å². The van der Waals surface area contributed by atoms with Gasteiger partial charge in [0.1, 0.15) is 0 Å². The number of nitrogen functional groups attached to an aromatic ring is 1. The fourth-order valence-electron chi connectivity index (χ4n) is 2.98. The Balaban J connectivity index is 2.30. The molecule has 3 N–H and O–H groups in total. The van der Waals surface area contributed by atoms with Crippen molar-refractivity contribution in [1.29, 1.82) is 0 Å². The number of nitrogens with two attached hydrogens (primary N) is 1. The Morgan fingerprint density at radius 2 is 1.79 bits per heavy atom. The largest absolute Gasteiger partial charge is 0.450 e. The minimum absolute atomic E-state index is 0.318. The molecule has 0 aliphatic heterocycles. The molecule has 2 rings (SSSR count). The molecule has 1 amide bonds. The normalized spacial score (nSPS) is 10.4. The van der Waals surface area contributed by atoms with E-state index in [1.165, 1.54) is 16.7 Å². The number of hydrogen-bond acceptors (Lipinski definition) is 4. The zero-order chi connectivity index (χ0) is 17.9. The lowest BCUT2D eigenvalue weighted by molar-refractivity contribution is 0.168. The van der Waals surface area contributed by atoms with E-state index in [2.05, 4.69) is 43.1 Å². The van der Waals surface area contributed by atoms with Crippen LogP contribution in [0.25, 0.3) is 0 Å². The summed E-state index contributed by atoms with van der Waals surface area (Å²) in [6.07, 6.45) is -0.504. The average Bonchev–Trinajstić information content (AvgIpc) is 2.48. The Hall–Kier alpha value is -2.69. The molecule has 0 heterocycles. The minimum Gasteiger partial charge on any atom is -0.450 e. The van der Waals surface area contributed by atoms with Crippen LogP contribution in [0.5, 0.6) is 0 Å². The first-order chi connectivity index (χ1) is 11.3. The number of aryl methyl sites for hydroxylation is 3. The lowest BCUT2D eigenvalue weighted by Crippen LogP contribution is -2.16. The van der Waals surface area contributed by atoms with Crippen LogP contribution < -0.4 is 16.0 Å². The molecule has 0 unspecified atom stereocenters. The number of rotatable bonds is 4. The van der Waals surface area contributed by atoms with Gasteiger partial charge < -0.3 is 15.4 Å². The summed E-state index contributed by atoms with van der Waals surface area (Å²) >= 11 is 0. The van der Waals surface area contributed by atoms with E-state index in [4.69, 9.17) is 10.5 Å². The van der Waals surface area contributed by atoms with Crippen LogP contribution in [0.2, 0.25) is 0 Å². The molecule has 5 nitrogen and oxygen atoms in total. The van der Waals surface area contributed by atoms with Crippen LogP contribution in [-0.2, 0) is 4.74 Å². The highest BCUT2D eigenvalue weighted by Crippen LogP contribution is 2.33. The van der Waals surface area contributed by atoms with Gasteiger partial charge in [-0.1, -0.05) is 17.7 Å². The molecule has 0 spiro atoms. The number of nitrogens with zero attached hydrogens (tertiary/aromatic N) is 1. The van der Waals surface area contributed by atoms with Crippen LogP contribution in [0, 0.1) is 20.8 Å². The first kappa shape index (κ1) is 17.7. The molecular weight excluding hydrogens is 302 g/mol. The second-order valence-electron chi connectivity index (χ2n) is 5.92. The maximum atomic E-state index is 11.5. The second kappa shape index (κ2) is 7.25.